The summed E-state index contributed by atoms with van der Waals surface area (Å²) in [6.07, 6.45) is -0.0494. The minimum Gasteiger partial charge on any atom is -0.461 e. The first kappa shape index (κ1) is 18.8. The predicted molar refractivity (Wildman–Crippen MR) is 126 cm³/mol. The molecule has 4 heteroatoms. The van der Waals surface area contributed by atoms with E-state index in [2.05, 4.69) is 36.4 Å². The summed E-state index contributed by atoms with van der Waals surface area (Å²) in [5.41, 5.74) is 4.88. The summed E-state index contributed by atoms with van der Waals surface area (Å²) in [5, 5.41) is 9.18. The number of hydrogen-bond donors (Lipinski definition) is 0. The van der Waals surface area contributed by atoms with Gasteiger partial charge in [-0.2, -0.15) is 5.10 Å². The molecule has 2 atom stereocenters. The van der Waals surface area contributed by atoms with Crippen LogP contribution in [0.4, 0.5) is 0 Å². The summed E-state index contributed by atoms with van der Waals surface area (Å²) in [7, 11) is 0. The van der Waals surface area contributed by atoms with E-state index in [-0.39, 0.29) is 11.8 Å². The minimum absolute atomic E-state index is 0.0270. The molecule has 0 N–H and O–H groups in total. The van der Waals surface area contributed by atoms with Crippen molar-refractivity contribution in [1.29, 1.82) is 0 Å². The lowest BCUT2D eigenvalue weighted by Crippen LogP contribution is -2.45. The number of hydrogen-bond acceptors (Lipinski definition) is 4. The molecule has 0 saturated carbocycles. The van der Waals surface area contributed by atoms with Crippen molar-refractivity contribution in [3.8, 4) is 5.75 Å². The quantitative estimate of drug-likeness (QED) is 0.389. The molecule has 4 aromatic rings. The van der Waals surface area contributed by atoms with Crippen LogP contribution in [0.2, 0.25) is 0 Å². The molecule has 0 saturated heterocycles. The van der Waals surface area contributed by atoms with Crippen molar-refractivity contribution in [3.63, 3.8) is 0 Å². The first-order chi connectivity index (χ1) is 15.7. The molecular formula is C28H22N2O2. The number of aryl methyl sites for hydroxylation is 1. The van der Waals surface area contributed by atoms with E-state index in [0.717, 1.165) is 34.6 Å². The van der Waals surface area contributed by atoms with Crippen LogP contribution in [0, 0.1) is 6.92 Å². The zero-order valence-electron chi connectivity index (χ0n) is 17.7. The molecule has 0 amide bonds. The smallest absolute Gasteiger partial charge is 0.251 e. The standard InChI is InChI=1S/C28H22N2O2/c1-18-10-12-20(13-11-18)27(31)28-30-25(23-8-4-5-9-26(23)32-28)17-24(29-30)22-15-14-19-6-2-3-7-21(19)16-22/h2-16,25,28H,17H2,1H3/t25-,28-/m0/s1. The second-order valence-electron chi connectivity index (χ2n) is 8.45. The van der Waals surface area contributed by atoms with Crippen LogP contribution in [-0.4, -0.2) is 22.7 Å². The van der Waals surface area contributed by atoms with Crippen molar-refractivity contribution < 1.29 is 9.53 Å². The van der Waals surface area contributed by atoms with Gasteiger partial charge in [0, 0.05) is 17.5 Å². The Morgan fingerprint density at radius 2 is 1.66 bits per heavy atom. The average molecular weight is 418 g/mol. The van der Waals surface area contributed by atoms with Crippen LogP contribution in [-0.2, 0) is 0 Å². The Bertz CT molecular complexity index is 1370. The maximum Gasteiger partial charge on any atom is 0.251 e. The SMILES string of the molecule is Cc1ccc(C(=O)[C@@H]2Oc3ccccc3[C@@H]3CC(c4ccc5ccccc5c4)=NN23)cc1. The lowest BCUT2D eigenvalue weighted by molar-refractivity contribution is -0.00455. The van der Waals surface area contributed by atoms with E-state index in [1.165, 1.54) is 10.8 Å². The molecule has 0 aliphatic carbocycles. The lowest BCUT2D eigenvalue weighted by Gasteiger charge is -2.37. The molecule has 4 aromatic carbocycles. The summed E-state index contributed by atoms with van der Waals surface area (Å²) >= 11 is 0. The summed E-state index contributed by atoms with van der Waals surface area (Å²) < 4.78 is 6.22. The maximum absolute atomic E-state index is 13.4. The van der Waals surface area contributed by atoms with Crippen LogP contribution in [0.5, 0.6) is 5.75 Å². The number of carbonyl (C=O) groups is 1. The fourth-order valence-corrected chi connectivity index (χ4v) is 4.61. The Morgan fingerprint density at radius 1 is 0.906 bits per heavy atom. The maximum atomic E-state index is 13.4. The molecule has 0 bridgehead atoms. The number of ketones is 1. The predicted octanol–water partition coefficient (Wildman–Crippen LogP) is 5.90. The van der Waals surface area contributed by atoms with Crippen molar-refractivity contribution in [2.45, 2.75) is 25.6 Å². The van der Waals surface area contributed by atoms with E-state index in [4.69, 9.17) is 9.84 Å². The Morgan fingerprint density at radius 3 is 2.50 bits per heavy atom. The first-order valence-corrected chi connectivity index (χ1v) is 10.9. The van der Waals surface area contributed by atoms with Crippen molar-refractivity contribution in [1.82, 2.24) is 5.01 Å². The van der Waals surface area contributed by atoms with Gasteiger partial charge in [-0.15, -0.1) is 0 Å². The molecule has 0 spiro atoms. The van der Waals surface area contributed by atoms with E-state index in [1.54, 1.807) is 0 Å². The highest BCUT2D eigenvalue weighted by Gasteiger charge is 2.43. The van der Waals surface area contributed by atoms with Crippen LogP contribution >= 0.6 is 0 Å². The zero-order valence-corrected chi connectivity index (χ0v) is 17.7. The minimum atomic E-state index is -0.782. The van der Waals surface area contributed by atoms with Gasteiger partial charge >= 0.3 is 0 Å². The molecule has 0 fully saturated rings. The van der Waals surface area contributed by atoms with Gasteiger partial charge in [-0.1, -0.05) is 84.4 Å². The number of hydrazone groups is 1. The fourth-order valence-electron chi connectivity index (χ4n) is 4.61. The Kier molecular flexibility index (Phi) is 4.32. The third-order valence-electron chi connectivity index (χ3n) is 6.34. The monoisotopic (exact) mass is 418 g/mol. The topological polar surface area (TPSA) is 41.9 Å². The molecule has 4 nitrogen and oxygen atoms in total. The van der Waals surface area contributed by atoms with Crippen LogP contribution in [0.3, 0.4) is 0 Å². The molecule has 156 valence electrons. The normalized spacial score (nSPS) is 19.2. The van der Waals surface area contributed by atoms with Crippen molar-refractivity contribution in [3.05, 3.63) is 113 Å². The molecule has 0 aromatic heterocycles. The summed E-state index contributed by atoms with van der Waals surface area (Å²) in [5.74, 6) is 0.683. The molecule has 2 aliphatic rings. The van der Waals surface area contributed by atoms with E-state index in [0.29, 0.717) is 5.56 Å². The molecule has 6 rings (SSSR count). The van der Waals surface area contributed by atoms with Gasteiger partial charge in [-0.25, -0.2) is 5.01 Å². The second kappa shape index (κ2) is 7.34. The zero-order chi connectivity index (χ0) is 21.7. The largest absolute Gasteiger partial charge is 0.461 e. The lowest BCUT2D eigenvalue weighted by atomic mass is 9.95. The van der Waals surface area contributed by atoms with Crippen LogP contribution in [0.1, 0.15) is 39.5 Å². The van der Waals surface area contributed by atoms with Gasteiger partial charge in [-0.3, -0.25) is 4.79 Å². The van der Waals surface area contributed by atoms with Gasteiger partial charge < -0.3 is 4.74 Å². The number of fused-ring (bicyclic) bond motifs is 4. The molecule has 0 radical (unpaired) electrons. The van der Waals surface area contributed by atoms with Gasteiger partial charge in [0.2, 0.25) is 5.78 Å². The average Bonchev–Trinajstić information content (AvgIpc) is 3.29. The molecule has 2 aliphatic heterocycles. The van der Waals surface area contributed by atoms with E-state index in [9.17, 15) is 4.79 Å². The Hall–Kier alpha value is -3.92. The third kappa shape index (κ3) is 3.07. The molecule has 2 heterocycles. The van der Waals surface area contributed by atoms with E-state index in [1.807, 2.05) is 66.5 Å². The number of rotatable bonds is 3. The fraction of sp³-hybridized carbons (Fsp3) is 0.143. The van der Waals surface area contributed by atoms with E-state index < -0.39 is 6.23 Å². The van der Waals surface area contributed by atoms with Gasteiger partial charge in [0.1, 0.15) is 5.75 Å². The highest BCUT2D eigenvalue weighted by molar-refractivity contribution is 6.05. The van der Waals surface area contributed by atoms with Gasteiger partial charge in [0.25, 0.3) is 6.23 Å². The summed E-state index contributed by atoms with van der Waals surface area (Å²) in [6.45, 7) is 2.01. The van der Waals surface area contributed by atoms with Gasteiger partial charge in [0.05, 0.1) is 11.8 Å². The van der Waals surface area contributed by atoms with Crippen molar-refractivity contribution in [2.24, 2.45) is 5.10 Å². The van der Waals surface area contributed by atoms with Crippen LogP contribution < -0.4 is 4.74 Å². The third-order valence-corrected chi connectivity index (χ3v) is 6.34. The summed E-state index contributed by atoms with van der Waals surface area (Å²) in [6, 6.07) is 30.3. The molecular weight excluding hydrogens is 396 g/mol. The number of para-hydroxylation sites is 1. The Balaban J connectivity index is 1.42. The highest BCUT2D eigenvalue weighted by Crippen LogP contribution is 2.43. The first-order valence-electron chi connectivity index (χ1n) is 10.9. The number of benzene rings is 4. The van der Waals surface area contributed by atoms with E-state index >= 15 is 0 Å². The molecule has 0 unspecified atom stereocenters. The Labute approximate surface area is 186 Å². The van der Waals surface area contributed by atoms with Gasteiger partial charge in [-0.05, 0) is 35.4 Å². The van der Waals surface area contributed by atoms with Crippen LogP contribution in [0.25, 0.3) is 10.8 Å². The molecule has 32 heavy (non-hydrogen) atoms. The summed E-state index contributed by atoms with van der Waals surface area (Å²) in [4.78, 5) is 13.4. The number of ether oxygens (including phenoxy) is 1. The van der Waals surface area contributed by atoms with Crippen molar-refractivity contribution in [2.75, 3.05) is 0 Å². The van der Waals surface area contributed by atoms with Gasteiger partial charge in [0.15, 0.2) is 0 Å². The number of carbonyl (C=O) groups excluding carboxylic acids is 1. The highest BCUT2D eigenvalue weighted by atomic mass is 16.5. The van der Waals surface area contributed by atoms with Crippen LogP contribution in [0.15, 0.2) is 96.1 Å². The number of Topliss-reactive ketones (excluding diaryl/α,β-unsaturated/α-hetero) is 1. The van der Waals surface area contributed by atoms with Crippen molar-refractivity contribution >= 4 is 22.3 Å². The second-order valence-corrected chi connectivity index (χ2v) is 8.45. The number of nitrogens with zero attached hydrogens (tertiary/aromatic N) is 2.